The van der Waals surface area contributed by atoms with Crippen molar-refractivity contribution in [1.29, 1.82) is 0 Å². The van der Waals surface area contributed by atoms with Gasteiger partial charge in [-0.2, -0.15) is 0 Å². The van der Waals surface area contributed by atoms with Gasteiger partial charge in [-0.25, -0.2) is 0 Å². The van der Waals surface area contributed by atoms with E-state index < -0.39 is 6.04 Å². The van der Waals surface area contributed by atoms with Gasteiger partial charge in [-0.3, -0.25) is 9.59 Å². The highest BCUT2D eigenvalue weighted by Gasteiger charge is 2.27. The smallest absolute Gasteiger partial charge is 0.253 e. The topological polar surface area (TPSA) is 88.9 Å². The predicted octanol–water partition coefficient (Wildman–Crippen LogP) is 5.54. The van der Waals surface area contributed by atoms with Crippen LogP contribution in [0.25, 0.3) is 0 Å². The Hall–Kier alpha value is -3.10. The SMILES string of the molecule is C=CCn1c(SCC(=O)Nc2ccccc2CC)nnc1C(NC(=O)c1ccccc1Cl)C(C)C. The zero-order valence-corrected chi connectivity index (χ0v) is 21.7. The third-order valence-corrected chi connectivity index (χ3v) is 6.71. The van der Waals surface area contributed by atoms with Crippen molar-refractivity contribution in [3.05, 3.63) is 83.2 Å². The van der Waals surface area contributed by atoms with Gasteiger partial charge >= 0.3 is 0 Å². The van der Waals surface area contributed by atoms with Crippen molar-refractivity contribution in [2.45, 2.75) is 44.9 Å². The van der Waals surface area contributed by atoms with Crippen LogP contribution in [-0.2, 0) is 17.8 Å². The quantitative estimate of drug-likeness (QED) is 0.261. The lowest BCUT2D eigenvalue weighted by atomic mass is 10.0. The van der Waals surface area contributed by atoms with E-state index in [0.717, 1.165) is 17.7 Å². The van der Waals surface area contributed by atoms with Gasteiger partial charge in [0.05, 0.1) is 22.4 Å². The molecule has 35 heavy (non-hydrogen) atoms. The molecule has 3 rings (SSSR count). The summed E-state index contributed by atoms with van der Waals surface area (Å²) in [6.45, 7) is 10.3. The number of hydrogen-bond acceptors (Lipinski definition) is 5. The molecule has 9 heteroatoms. The average Bonchev–Trinajstić information content (AvgIpc) is 3.23. The summed E-state index contributed by atoms with van der Waals surface area (Å²) < 4.78 is 1.88. The number of carbonyl (C=O) groups excluding carboxylic acids is 2. The second-order valence-electron chi connectivity index (χ2n) is 8.26. The number of nitrogens with one attached hydrogen (secondary N) is 2. The van der Waals surface area contributed by atoms with E-state index in [1.54, 1.807) is 30.3 Å². The Bertz CT molecular complexity index is 1190. The third kappa shape index (κ3) is 6.74. The summed E-state index contributed by atoms with van der Waals surface area (Å²) in [6, 6.07) is 14.2. The maximum Gasteiger partial charge on any atom is 0.253 e. The number of anilines is 1. The minimum Gasteiger partial charge on any atom is -0.342 e. The highest BCUT2D eigenvalue weighted by Crippen LogP contribution is 2.27. The third-order valence-electron chi connectivity index (χ3n) is 5.41. The molecule has 0 aliphatic heterocycles. The molecule has 0 bridgehead atoms. The van der Waals surface area contributed by atoms with E-state index in [1.807, 2.05) is 42.7 Å². The molecule has 0 aliphatic carbocycles. The van der Waals surface area contributed by atoms with Crippen LogP contribution < -0.4 is 10.6 Å². The van der Waals surface area contributed by atoms with Crippen molar-refractivity contribution in [1.82, 2.24) is 20.1 Å². The molecule has 2 aromatic carbocycles. The van der Waals surface area contributed by atoms with Gasteiger partial charge in [0.15, 0.2) is 11.0 Å². The lowest BCUT2D eigenvalue weighted by Crippen LogP contribution is -2.34. The summed E-state index contributed by atoms with van der Waals surface area (Å²) in [6.07, 6.45) is 2.57. The summed E-state index contributed by atoms with van der Waals surface area (Å²) in [5.74, 6) is 0.384. The molecule has 7 nitrogen and oxygen atoms in total. The van der Waals surface area contributed by atoms with Crippen molar-refractivity contribution < 1.29 is 9.59 Å². The number of carbonyl (C=O) groups is 2. The van der Waals surface area contributed by atoms with Gasteiger partial charge in [0.2, 0.25) is 5.91 Å². The molecule has 1 heterocycles. The molecule has 3 aromatic rings. The van der Waals surface area contributed by atoms with E-state index in [0.29, 0.717) is 28.1 Å². The van der Waals surface area contributed by atoms with Crippen molar-refractivity contribution in [3.8, 4) is 0 Å². The molecular weight excluding hydrogens is 482 g/mol. The lowest BCUT2D eigenvalue weighted by molar-refractivity contribution is -0.113. The standard InChI is InChI=1S/C26H30ClN5O2S/c1-5-15-32-24(23(17(3)4)29-25(34)19-12-8-9-13-20(19)27)30-31-26(32)35-16-22(33)28-21-14-10-7-11-18(21)6-2/h5,7-14,17,23H,1,6,15-16H2,2-4H3,(H,28,33)(H,29,34). The van der Waals surface area contributed by atoms with Crippen LogP contribution in [0.2, 0.25) is 5.02 Å². The van der Waals surface area contributed by atoms with Crippen LogP contribution in [0.15, 0.2) is 66.3 Å². The van der Waals surface area contributed by atoms with Gasteiger partial charge < -0.3 is 15.2 Å². The van der Waals surface area contributed by atoms with Crippen molar-refractivity contribution in [3.63, 3.8) is 0 Å². The fourth-order valence-corrected chi connectivity index (χ4v) is 4.57. The number of para-hydroxylation sites is 1. The fourth-order valence-electron chi connectivity index (χ4n) is 3.60. The molecule has 0 saturated carbocycles. The van der Waals surface area contributed by atoms with Crippen LogP contribution in [0.5, 0.6) is 0 Å². The number of nitrogens with zero attached hydrogens (tertiary/aromatic N) is 3. The number of hydrogen-bond donors (Lipinski definition) is 2. The van der Waals surface area contributed by atoms with Crippen molar-refractivity contribution in [2.24, 2.45) is 5.92 Å². The molecule has 0 spiro atoms. The molecule has 1 aromatic heterocycles. The monoisotopic (exact) mass is 511 g/mol. The second-order valence-corrected chi connectivity index (χ2v) is 9.61. The van der Waals surface area contributed by atoms with E-state index in [2.05, 4.69) is 34.3 Å². The molecule has 184 valence electrons. The van der Waals surface area contributed by atoms with Gasteiger partial charge in [0.1, 0.15) is 0 Å². The summed E-state index contributed by atoms with van der Waals surface area (Å²) in [5, 5.41) is 15.7. The Morgan fingerprint density at radius 2 is 1.86 bits per heavy atom. The highest BCUT2D eigenvalue weighted by molar-refractivity contribution is 7.99. The largest absolute Gasteiger partial charge is 0.342 e. The normalized spacial score (nSPS) is 11.8. The van der Waals surface area contributed by atoms with Crippen LogP contribution in [0.3, 0.4) is 0 Å². The minimum absolute atomic E-state index is 0.0286. The van der Waals surface area contributed by atoms with Crippen molar-refractivity contribution >= 4 is 40.9 Å². The van der Waals surface area contributed by atoms with Crippen LogP contribution in [0, 0.1) is 5.92 Å². The van der Waals surface area contributed by atoms with Crippen LogP contribution in [-0.4, -0.2) is 32.3 Å². The molecule has 0 fully saturated rings. The first-order valence-electron chi connectivity index (χ1n) is 11.5. The lowest BCUT2D eigenvalue weighted by Gasteiger charge is -2.23. The summed E-state index contributed by atoms with van der Waals surface area (Å²) in [4.78, 5) is 25.6. The van der Waals surface area contributed by atoms with E-state index >= 15 is 0 Å². The molecule has 1 atom stereocenters. The summed E-state index contributed by atoms with van der Waals surface area (Å²) >= 11 is 7.50. The Balaban J connectivity index is 1.77. The average molecular weight is 512 g/mol. The molecule has 0 aliphatic rings. The van der Waals surface area contributed by atoms with Gasteiger partial charge in [0.25, 0.3) is 5.91 Å². The molecule has 1 unspecified atom stereocenters. The fraction of sp³-hybridized carbons (Fsp3) is 0.308. The Morgan fingerprint density at radius 3 is 2.54 bits per heavy atom. The number of allylic oxidation sites excluding steroid dienone is 1. The minimum atomic E-state index is -0.411. The van der Waals surface area contributed by atoms with Crippen LogP contribution >= 0.6 is 23.4 Å². The Labute approximate surface area is 215 Å². The molecular formula is C26H30ClN5O2S. The van der Waals surface area contributed by atoms with E-state index in [-0.39, 0.29) is 23.5 Å². The van der Waals surface area contributed by atoms with Crippen molar-refractivity contribution in [2.75, 3.05) is 11.1 Å². The van der Waals surface area contributed by atoms with E-state index in [1.165, 1.54) is 11.8 Å². The van der Waals surface area contributed by atoms with E-state index in [9.17, 15) is 9.59 Å². The highest BCUT2D eigenvalue weighted by atomic mass is 35.5. The molecule has 0 radical (unpaired) electrons. The predicted molar refractivity (Wildman–Crippen MR) is 142 cm³/mol. The van der Waals surface area contributed by atoms with Gasteiger partial charge in [0, 0.05) is 12.2 Å². The molecule has 2 amide bonds. The number of aromatic nitrogens is 3. The number of rotatable bonds is 11. The van der Waals surface area contributed by atoms with Crippen LogP contribution in [0.1, 0.15) is 48.6 Å². The van der Waals surface area contributed by atoms with Crippen LogP contribution in [0.4, 0.5) is 5.69 Å². The first-order chi connectivity index (χ1) is 16.8. The number of aryl methyl sites for hydroxylation is 1. The number of halogens is 1. The molecule has 2 N–H and O–H groups in total. The van der Waals surface area contributed by atoms with Gasteiger partial charge in [-0.05, 0) is 36.1 Å². The number of amides is 2. The maximum absolute atomic E-state index is 12.9. The Kier molecular flexibility index (Phi) is 9.51. The first kappa shape index (κ1) is 26.5. The van der Waals surface area contributed by atoms with E-state index in [4.69, 9.17) is 11.6 Å². The first-order valence-corrected chi connectivity index (χ1v) is 12.8. The zero-order valence-electron chi connectivity index (χ0n) is 20.1. The second kappa shape index (κ2) is 12.6. The van der Waals surface area contributed by atoms with Gasteiger partial charge in [-0.15, -0.1) is 16.8 Å². The Morgan fingerprint density at radius 1 is 1.14 bits per heavy atom. The maximum atomic E-state index is 12.9. The summed E-state index contributed by atoms with van der Waals surface area (Å²) in [7, 11) is 0. The van der Waals surface area contributed by atoms with Gasteiger partial charge in [-0.1, -0.05) is 80.5 Å². The zero-order chi connectivity index (χ0) is 25.4. The number of benzene rings is 2. The molecule has 0 saturated heterocycles. The summed E-state index contributed by atoms with van der Waals surface area (Å²) in [5.41, 5.74) is 2.29. The number of thioether (sulfide) groups is 1.